The molecular formula is C21H32. The minimum Gasteiger partial charge on any atom is -0.0633 e. The van der Waals surface area contributed by atoms with Crippen LogP contribution in [-0.4, -0.2) is 0 Å². The van der Waals surface area contributed by atoms with Gasteiger partial charge in [0, 0.05) is 5.41 Å². The lowest BCUT2D eigenvalue weighted by molar-refractivity contribution is 0.502. The predicted molar refractivity (Wildman–Crippen MR) is 94.3 cm³/mol. The molecule has 2 aliphatic carbocycles. The van der Waals surface area contributed by atoms with Crippen molar-refractivity contribution < 1.29 is 0 Å². The molecule has 0 aliphatic heterocycles. The van der Waals surface area contributed by atoms with Crippen molar-refractivity contribution in [2.75, 3.05) is 0 Å². The maximum Gasteiger partial charge on any atom is 0.00818 e. The van der Waals surface area contributed by atoms with Crippen LogP contribution in [0.15, 0.2) is 45.6 Å². The molecule has 0 saturated heterocycles. The van der Waals surface area contributed by atoms with Gasteiger partial charge in [-0.2, -0.15) is 0 Å². The van der Waals surface area contributed by atoms with Crippen LogP contribution in [0.4, 0.5) is 0 Å². The molecular weight excluding hydrogens is 252 g/mol. The summed E-state index contributed by atoms with van der Waals surface area (Å²) in [5.41, 5.74) is 9.67. The summed E-state index contributed by atoms with van der Waals surface area (Å²) in [5, 5.41) is 0. The van der Waals surface area contributed by atoms with Crippen molar-refractivity contribution >= 4 is 0 Å². The van der Waals surface area contributed by atoms with Gasteiger partial charge in [-0.1, -0.05) is 87.1 Å². The summed E-state index contributed by atoms with van der Waals surface area (Å²) in [4.78, 5) is 0. The molecule has 0 heterocycles. The van der Waals surface area contributed by atoms with E-state index in [1.54, 1.807) is 22.3 Å². The van der Waals surface area contributed by atoms with E-state index in [4.69, 9.17) is 0 Å². The zero-order valence-corrected chi connectivity index (χ0v) is 15.2. The molecule has 0 aromatic carbocycles. The van der Waals surface area contributed by atoms with Gasteiger partial charge >= 0.3 is 0 Å². The van der Waals surface area contributed by atoms with Gasteiger partial charge in [-0.05, 0) is 38.5 Å². The first-order valence-electron chi connectivity index (χ1n) is 8.46. The number of allylic oxidation sites excluding steroid dienone is 8. The first kappa shape index (κ1) is 16.3. The third kappa shape index (κ3) is 2.96. The maximum absolute atomic E-state index is 2.43. The first-order chi connectivity index (χ1) is 9.64. The summed E-state index contributed by atoms with van der Waals surface area (Å²) in [6, 6.07) is 0. The van der Waals surface area contributed by atoms with E-state index in [0.29, 0.717) is 11.8 Å². The fourth-order valence-corrected chi connectivity index (χ4v) is 3.87. The molecule has 2 aliphatic rings. The molecule has 21 heavy (non-hydrogen) atoms. The van der Waals surface area contributed by atoms with Gasteiger partial charge in [0.2, 0.25) is 0 Å². The van der Waals surface area contributed by atoms with Crippen LogP contribution in [0.1, 0.15) is 68.2 Å². The first-order valence-corrected chi connectivity index (χ1v) is 8.46. The van der Waals surface area contributed by atoms with Gasteiger partial charge in [0.05, 0.1) is 0 Å². The lowest BCUT2D eigenvalue weighted by atomic mass is 9.72. The predicted octanol–water partition coefficient (Wildman–Crippen LogP) is 6.62. The van der Waals surface area contributed by atoms with Gasteiger partial charge in [-0.3, -0.25) is 0 Å². The molecule has 0 radical (unpaired) electrons. The normalized spacial score (nSPS) is 20.1. The van der Waals surface area contributed by atoms with E-state index in [2.05, 4.69) is 67.5 Å². The van der Waals surface area contributed by atoms with Gasteiger partial charge in [-0.25, -0.2) is 0 Å². The molecule has 0 atom stereocenters. The van der Waals surface area contributed by atoms with Gasteiger partial charge in [0.1, 0.15) is 0 Å². The van der Waals surface area contributed by atoms with E-state index < -0.39 is 0 Å². The molecule has 0 bridgehead atoms. The van der Waals surface area contributed by atoms with Gasteiger partial charge in [0.15, 0.2) is 0 Å². The molecule has 0 N–H and O–H groups in total. The van der Waals surface area contributed by atoms with E-state index in [0.717, 1.165) is 0 Å². The van der Waals surface area contributed by atoms with Crippen LogP contribution in [0.3, 0.4) is 0 Å². The van der Waals surface area contributed by atoms with Crippen LogP contribution >= 0.6 is 0 Å². The van der Waals surface area contributed by atoms with Crippen LogP contribution in [0.2, 0.25) is 0 Å². The van der Waals surface area contributed by atoms with Crippen molar-refractivity contribution in [2.24, 2.45) is 17.3 Å². The Morgan fingerprint density at radius 1 is 0.762 bits per heavy atom. The Morgan fingerprint density at radius 3 is 1.33 bits per heavy atom. The standard InChI is InChI=1S/C21H32/c1-13(2)17-9-15(5)19(11-17)21(7,8)20-12-18(14(3)4)10-16(20)6/h9-10,13-14H,11-12H2,1-8H3. The second kappa shape index (κ2) is 5.63. The minimum absolute atomic E-state index is 0.189. The monoisotopic (exact) mass is 284 g/mol. The quantitative estimate of drug-likeness (QED) is 0.544. The van der Waals surface area contributed by atoms with Gasteiger partial charge < -0.3 is 0 Å². The molecule has 0 aromatic rings. The number of hydrogen-bond acceptors (Lipinski definition) is 0. The van der Waals surface area contributed by atoms with E-state index >= 15 is 0 Å². The summed E-state index contributed by atoms with van der Waals surface area (Å²) in [6.45, 7) is 18.7. The maximum atomic E-state index is 2.43. The van der Waals surface area contributed by atoms with Crippen LogP contribution in [-0.2, 0) is 0 Å². The molecule has 0 amide bonds. The van der Waals surface area contributed by atoms with Crippen LogP contribution in [0.5, 0.6) is 0 Å². The smallest absolute Gasteiger partial charge is 0.00818 e. The third-order valence-electron chi connectivity index (χ3n) is 5.51. The lowest BCUT2D eigenvalue weighted by Gasteiger charge is -2.32. The second-order valence-corrected chi connectivity index (χ2v) is 8.05. The Kier molecular flexibility index (Phi) is 4.38. The molecule has 0 unspecified atom stereocenters. The molecule has 0 heteroatoms. The van der Waals surface area contributed by atoms with E-state index in [-0.39, 0.29) is 5.41 Å². The Hall–Kier alpha value is -1.04. The zero-order chi connectivity index (χ0) is 15.9. The number of rotatable bonds is 4. The van der Waals surface area contributed by atoms with E-state index in [9.17, 15) is 0 Å². The highest BCUT2D eigenvalue weighted by Crippen LogP contribution is 2.49. The highest BCUT2D eigenvalue weighted by molar-refractivity contribution is 5.50. The molecule has 116 valence electrons. The van der Waals surface area contributed by atoms with E-state index in [1.807, 2.05) is 0 Å². The third-order valence-corrected chi connectivity index (χ3v) is 5.51. The fraction of sp³-hybridized carbons (Fsp3) is 0.619. The molecule has 0 aromatic heterocycles. The van der Waals surface area contributed by atoms with Gasteiger partial charge in [-0.15, -0.1) is 0 Å². The average molecular weight is 284 g/mol. The van der Waals surface area contributed by atoms with Crippen LogP contribution < -0.4 is 0 Å². The fourth-order valence-electron chi connectivity index (χ4n) is 3.87. The Labute approximate surface area is 131 Å². The Balaban J connectivity index is 2.26. The summed E-state index contributed by atoms with van der Waals surface area (Å²) >= 11 is 0. The van der Waals surface area contributed by atoms with E-state index in [1.165, 1.54) is 24.0 Å². The Bertz CT molecular complexity index is 507. The highest BCUT2D eigenvalue weighted by atomic mass is 14.4. The van der Waals surface area contributed by atoms with Crippen molar-refractivity contribution in [1.29, 1.82) is 0 Å². The topological polar surface area (TPSA) is 0 Å². The molecule has 2 rings (SSSR count). The molecule has 0 nitrogen and oxygen atoms in total. The number of hydrogen-bond donors (Lipinski definition) is 0. The van der Waals surface area contributed by atoms with Crippen molar-refractivity contribution in [3.8, 4) is 0 Å². The summed E-state index contributed by atoms with van der Waals surface area (Å²) < 4.78 is 0. The van der Waals surface area contributed by atoms with Crippen molar-refractivity contribution in [3.63, 3.8) is 0 Å². The minimum atomic E-state index is 0.189. The average Bonchev–Trinajstić information content (AvgIpc) is 2.93. The zero-order valence-electron chi connectivity index (χ0n) is 15.2. The van der Waals surface area contributed by atoms with Crippen molar-refractivity contribution in [1.82, 2.24) is 0 Å². The lowest BCUT2D eigenvalue weighted by Crippen LogP contribution is -2.19. The molecule has 0 spiro atoms. The van der Waals surface area contributed by atoms with Crippen LogP contribution in [0.25, 0.3) is 0 Å². The summed E-state index contributed by atoms with van der Waals surface area (Å²) in [5.74, 6) is 1.33. The van der Waals surface area contributed by atoms with Gasteiger partial charge in [0.25, 0.3) is 0 Å². The second-order valence-electron chi connectivity index (χ2n) is 8.05. The Morgan fingerprint density at radius 2 is 1.10 bits per heavy atom. The SMILES string of the molecule is CC1=C(C(C)(C)C2=C(C)C=C(C(C)C)C2)CC(C(C)C)=C1. The van der Waals surface area contributed by atoms with Crippen LogP contribution in [0, 0.1) is 17.3 Å². The van der Waals surface area contributed by atoms with Crippen molar-refractivity contribution in [3.05, 3.63) is 45.6 Å². The molecule has 0 fully saturated rings. The molecule has 0 saturated carbocycles. The summed E-state index contributed by atoms with van der Waals surface area (Å²) in [7, 11) is 0. The largest absolute Gasteiger partial charge is 0.0633 e. The van der Waals surface area contributed by atoms with Crippen molar-refractivity contribution in [2.45, 2.75) is 68.2 Å². The highest BCUT2D eigenvalue weighted by Gasteiger charge is 2.35. The summed E-state index contributed by atoms with van der Waals surface area (Å²) in [6.07, 6.45) is 7.21.